The molecule has 0 bridgehead atoms. The molecule has 1 aliphatic heterocycles. The lowest BCUT2D eigenvalue weighted by atomic mass is 9.92. The Morgan fingerprint density at radius 3 is 2.77 bits per heavy atom. The van der Waals surface area contributed by atoms with E-state index in [-0.39, 0.29) is 18.1 Å². The maximum absolute atomic E-state index is 12.8. The summed E-state index contributed by atoms with van der Waals surface area (Å²) < 4.78 is 11.1. The second-order valence-corrected chi connectivity index (χ2v) is 12.8. The predicted octanol–water partition coefficient (Wildman–Crippen LogP) is 4.87. The van der Waals surface area contributed by atoms with E-state index in [1.54, 1.807) is 23.3 Å². The zero-order chi connectivity index (χ0) is 27.9. The molecule has 9 nitrogen and oxygen atoms in total. The quantitative estimate of drug-likeness (QED) is 0.446. The highest BCUT2D eigenvalue weighted by molar-refractivity contribution is 7.23. The van der Waals surface area contributed by atoms with Gasteiger partial charge >= 0.3 is 6.09 Å². The van der Waals surface area contributed by atoms with Gasteiger partial charge in [-0.15, -0.1) is 0 Å². The summed E-state index contributed by atoms with van der Waals surface area (Å²) in [5.41, 5.74) is 10.1. The number of thiophene rings is 1. The average molecular weight is 553 g/mol. The number of pyridine rings is 2. The van der Waals surface area contributed by atoms with Crippen molar-refractivity contribution in [2.75, 3.05) is 49.8 Å². The van der Waals surface area contributed by atoms with E-state index in [1.165, 1.54) is 5.56 Å². The number of aromatic nitrogens is 2. The standard InChI is InChI=1S/C29H40N6O3S/c1-17-7-10-21-25(30)27(39-26(21)31-17)32-20-9-11-22-18(13-20)8-12-24(33-22)35-14-19(16-37-6)23(15-35)34(5)28(36)38-29(2,3)4/h7-8,10,12,19-20,23,32H,9,11,13-16,30H2,1-6H3/t19-,20-,23+/m0/s1. The van der Waals surface area contributed by atoms with Gasteiger partial charge in [0.05, 0.1) is 18.3 Å². The maximum atomic E-state index is 12.8. The largest absolute Gasteiger partial charge is 0.444 e. The molecule has 0 unspecified atom stereocenters. The maximum Gasteiger partial charge on any atom is 0.410 e. The molecule has 1 aliphatic carbocycles. The van der Waals surface area contributed by atoms with Gasteiger partial charge in [-0.2, -0.15) is 0 Å². The highest BCUT2D eigenvalue weighted by atomic mass is 32.1. The second kappa shape index (κ2) is 10.8. The number of hydrogen-bond donors (Lipinski definition) is 2. The third-order valence-corrected chi connectivity index (χ3v) is 8.65. The number of aryl methyl sites for hydroxylation is 2. The number of nitrogen functional groups attached to an aromatic ring is 1. The summed E-state index contributed by atoms with van der Waals surface area (Å²) in [7, 11) is 3.53. The predicted molar refractivity (Wildman–Crippen MR) is 158 cm³/mol. The van der Waals surface area contributed by atoms with Crippen molar-refractivity contribution in [2.45, 2.75) is 64.6 Å². The molecule has 0 spiro atoms. The third kappa shape index (κ3) is 5.91. The van der Waals surface area contributed by atoms with E-state index in [4.69, 9.17) is 20.2 Å². The van der Waals surface area contributed by atoms with Crippen LogP contribution in [0.3, 0.4) is 0 Å². The lowest BCUT2D eigenvalue weighted by Gasteiger charge is -2.31. The van der Waals surface area contributed by atoms with E-state index in [9.17, 15) is 4.79 Å². The smallest absolute Gasteiger partial charge is 0.410 e. The van der Waals surface area contributed by atoms with Crippen LogP contribution in [0.2, 0.25) is 0 Å². The normalized spacial score (nSPS) is 21.2. The van der Waals surface area contributed by atoms with Gasteiger partial charge in [0, 0.05) is 56.0 Å². The number of carbonyl (C=O) groups is 1. The SMILES string of the molecule is COC[C@@H]1CN(c2ccc3c(n2)CC[C@H](Nc2sc4nc(C)ccc4c2N)C3)C[C@H]1N(C)C(=O)OC(C)(C)C. The highest BCUT2D eigenvalue weighted by Gasteiger charge is 2.39. The number of fused-ring (bicyclic) bond motifs is 2. The van der Waals surface area contributed by atoms with Crippen LogP contribution >= 0.6 is 11.3 Å². The van der Waals surface area contributed by atoms with Gasteiger partial charge in [-0.05, 0) is 70.7 Å². The molecule has 3 aromatic heterocycles. The van der Waals surface area contributed by atoms with Crippen molar-refractivity contribution in [3.8, 4) is 0 Å². The van der Waals surface area contributed by atoms with Crippen LogP contribution in [0.4, 0.5) is 21.3 Å². The number of rotatable bonds is 6. The molecule has 0 aromatic carbocycles. The van der Waals surface area contributed by atoms with E-state index in [1.807, 2.05) is 40.8 Å². The minimum absolute atomic E-state index is 0.0174. The molecule has 0 radical (unpaired) electrons. The molecule has 10 heteroatoms. The van der Waals surface area contributed by atoms with Gasteiger partial charge in [0.1, 0.15) is 21.3 Å². The monoisotopic (exact) mass is 552 g/mol. The number of hydrogen-bond acceptors (Lipinski definition) is 9. The Labute approximate surface area is 234 Å². The number of amides is 1. The molecule has 4 heterocycles. The lowest BCUT2D eigenvalue weighted by molar-refractivity contribution is 0.0161. The number of anilines is 3. The van der Waals surface area contributed by atoms with Gasteiger partial charge in [0.15, 0.2) is 0 Å². The topological polar surface area (TPSA) is 106 Å². The fourth-order valence-electron chi connectivity index (χ4n) is 5.61. The van der Waals surface area contributed by atoms with Crippen LogP contribution in [0, 0.1) is 12.8 Å². The number of ether oxygens (including phenoxy) is 2. The third-order valence-electron chi connectivity index (χ3n) is 7.61. The molecule has 1 fully saturated rings. The first-order chi connectivity index (χ1) is 18.5. The Hall–Kier alpha value is -3.11. The molecular formula is C29H40N6O3S. The van der Waals surface area contributed by atoms with Crippen LogP contribution in [0.1, 0.15) is 44.1 Å². The van der Waals surface area contributed by atoms with E-state index in [0.717, 1.165) is 63.9 Å². The van der Waals surface area contributed by atoms with Gasteiger partial charge in [-0.25, -0.2) is 14.8 Å². The molecule has 3 atom stereocenters. The van der Waals surface area contributed by atoms with E-state index >= 15 is 0 Å². The zero-order valence-corrected chi connectivity index (χ0v) is 24.6. The fraction of sp³-hybridized carbons (Fsp3) is 0.552. The minimum atomic E-state index is -0.536. The van der Waals surface area contributed by atoms with E-state index < -0.39 is 5.60 Å². The van der Waals surface area contributed by atoms with Gasteiger partial charge in [-0.1, -0.05) is 17.4 Å². The first-order valence-electron chi connectivity index (χ1n) is 13.6. The van der Waals surface area contributed by atoms with Crippen molar-refractivity contribution in [3.05, 3.63) is 41.2 Å². The number of nitrogens with two attached hydrogens (primary N) is 1. The molecular weight excluding hydrogens is 512 g/mol. The van der Waals surface area contributed by atoms with Gasteiger partial charge in [-0.3, -0.25) is 0 Å². The van der Waals surface area contributed by atoms with E-state index in [2.05, 4.69) is 33.4 Å². The van der Waals surface area contributed by atoms with Crippen LogP contribution in [0.25, 0.3) is 10.2 Å². The summed E-state index contributed by atoms with van der Waals surface area (Å²) in [6.45, 7) is 9.71. The van der Waals surface area contributed by atoms with Crippen molar-refractivity contribution in [3.63, 3.8) is 0 Å². The van der Waals surface area contributed by atoms with Crippen LogP contribution < -0.4 is 16.0 Å². The molecule has 1 saturated heterocycles. The Morgan fingerprint density at radius 1 is 1.23 bits per heavy atom. The Morgan fingerprint density at radius 2 is 2.03 bits per heavy atom. The first-order valence-corrected chi connectivity index (χ1v) is 14.4. The Kier molecular flexibility index (Phi) is 7.61. The molecule has 3 N–H and O–H groups in total. The number of likely N-dealkylation sites (N-methyl/N-ethyl adjacent to an activating group) is 1. The first kappa shape index (κ1) is 27.5. The molecule has 1 amide bonds. The van der Waals surface area contributed by atoms with Crippen molar-refractivity contribution >= 4 is 44.2 Å². The summed E-state index contributed by atoms with van der Waals surface area (Å²) in [5, 5.41) is 5.71. The van der Waals surface area contributed by atoms with Crippen molar-refractivity contribution in [1.82, 2.24) is 14.9 Å². The number of methoxy groups -OCH3 is 1. The zero-order valence-electron chi connectivity index (χ0n) is 23.8. The van der Waals surface area contributed by atoms with Crippen LogP contribution in [-0.4, -0.2) is 72.5 Å². The van der Waals surface area contributed by atoms with E-state index in [0.29, 0.717) is 19.2 Å². The molecule has 5 rings (SSSR count). The van der Waals surface area contributed by atoms with Crippen LogP contribution in [0.15, 0.2) is 24.3 Å². The number of nitrogens with zero attached hydrogens (tertiary/aromatic N) is 4. The Balaban J connectivity index is 1.27. The van der Waals surface area contributed by atoms with Crippen molar-refractivity contribution in [1.29, 1.82) is 0 Å². The molecule has 210 valence electrons. The molecule has 3 aromatic rings. The summed E-state index contributed by atoms with van der Waals surface area (Å²) in [5.74, 6) is 1.13. The second-order valence-electron chi connectivity index (χ2n) is 11.8. The van der Waals surface area contributed by atoms with Crippen LogP contribution in [0.5, 0.6) is 0 Å². The fourth-order valence-corrected chi connectivity index (χ4v) is 6.72. The van der Waals surface area contributed by atoms with Crippen molar-refractivity contribution < 1.29 is 14.3 Å². The average Bonchev–Trinajstić information content (AvgIpc) is 3.43. The summed E-state index contributed by atoms with van der Waals surface area (Å²) in [6, 6.07) is 8.66. The van der Waals surface area contributed by atoms with Crippen molar-refractivity contribution in [2.24, 2.45) is 5.92 Å². The van der Waals surface area contributed by atoms with Crippen LogP contribution in [-0.2, 0) is 22.3 Å². The molecule has 0 saturated carbocycles. The number of nitrogens with one attached hydrogen (secondary N) is 1. The Bertz CT molecular complexity index is 1350. The van der Waals surface area contributed by atoms with Gasteiger partial charge in [0.25, 0.3) is 0 Å². The van der Waals surface area contributed by atoms with Gasteiger partial charge in [0.2, 0.25) is 0 Å². The lowest BCUT2D eigenvalue weighted by Crippen LogP contribution is -2.45. The summed E-state index contributed by atoms with van der Waals surface area (Å²) in [6.07, 6.45) is 2.48. The summed E-state index contributed by atoms with van der Waals surface area (Å²) >= 11 is 1.63. The summed E-state index contributed by atoms with van der Waals surface area (Å²) in [4.78, 5) is 27.5. The number of carbonyl (C=O) groups excluding carboxylic acids is 1. The molecule has 2 aliphatic rings. The highest BCUT2D eigenvalue weighted by Crippen LogP contribution is 2.38. The van der Waals surface area contributed by atoms with Gasteiger partial charge < -0.3 is 30.3 Å². The molecule has 39 heavy (non-hydrogen) atoms. The minimum Gasteiger partial charge on any atom is -0.444 e.